The first kappa shape index (κ1) is 36.7. The van der Waals surface area contributed by atoms with Gasteiger partial charge in [-0.15, -0.1) is 6.42 Å². The molecular formula is C39H53FN2O2. The lowest BCUT2D eigenvalue weighted by Crippen LogP contribution is -2.48. The molecule has 1 saturated carbocycles. The van der Waals surface area contributed by atoms with E-state index in [9.17, 15) is 14.0 Å². The molecule has 4 rings (SSSR count). The number of hydrogen-bond acceptors (Lipinski definition) is 3. The van der Waals surface area contributed by atoms with E-state index >= 15 is 0 Å². The Balaban J connectivity index is 0.00000162. The summed E-state index contributed by atoms with van der Waals surface area (Å²) in [5.41, 5.74) is 7.95. The number of Topliss-reactive ketones (excluding diaryl/α,β-unsaturated/α-hetero) is 1. The van der Waals surface area contributed by atoms with E-state index < -0.39 is 5.41 Å². The molecule has 2 atom stereocenters. The molecule has 0 spiro atoms. The standard InChI is InChI=1S/C36H44N2O2.C2H6.CH3F/c1-8-18-36(19-12-13-24(4)34(39)10-3)31-17-16-28(23-33(31)38(35(36)40)30-14-11-15-30)29-21-25(5)26(6)27(7)32(22-29)37-20-9-2;2*1-2/h2,16-17,20-23,29-30H,4,8,10-15,18-19H2,1,3,5-7H3;1-2H3;1H3. The fourth-order valence-corrected chi connectivity index (χ4v) is 6.52. The van der Waals surface area contributed by atoms with Crippen molar-refractivity contribution in [1.29, 1.82) is 0 Å². The highest BCUT2D eigenvalue weighted by Crippen LogP contribution is 2.51. The number of hydrogen-bond donors (Lipinski definition) is 0. The van der Waals surface area contributed by atoms with Gasteiger partial charge in [0, 0.05) is 24.1 Å². The first-order valence-electron chi connectivity index (χ1n) is 16.3. The molecule has 2 unspecified atom stereocenters. The highest BCUT2D eigenvalue weighted by Gasteiger charge is 2.52. The second-order valence-corrected chi connectivity index (χ2v) is 11.7. The number of alkyl halides is 1. The Morgan fingerprint density at radius 2 is 1.82 bits per heavy atom. The van der Waals surface area contributed by atoms with E-state index in [1.807, 2.05) is 20.8 Å². The Kier molecular flexibility index (Phi) is 14.2. The first-order valence-corrected chi connectivity index (χ1v) is 16.3. The smallest absolute Gasteiger partial charge is 0.237 e. The lowest BCUT2D eigenvalue weighted by atomic mass is 9.73. The number of nitrogens with zero attached hydrogens (tertiary/aromatic N) is 2. The number of amides is 1. The summed E-state index contributed by atoms with van der Waals surface area (Å²) in [4.78, 5) is 33.3. The summed E-state index contributed by atoms with van der Waals surface area (Å²) >= 11 is 0. The van der Waals surface area contributed by atoms with Gasteiger partial charge in [0.1, 0.15) is 0 Å². The van der Waals surface area contributed by atoms with Gasteiger partial charge in [0.25, 0.3) is 0 Å². The average molecular weight is 601 g/mol. The third-order valence-electron chi connectivity index (χ3n) is 9.31. The van der Waals surface area contributed by atoms with Crippen molar-refractivity contribution < 1.29 is 14.0 Å². The molecule has 1 aromatic rings. The summed E-state index contributed by atoms with van der Waals surface area (Å²) in [6.07, 6.45) is 19.1. The predicted octanol–water partition coefficient (Wildman–Crippen LogP) is 9.91. The zero-order valence-electron chi connectivity index (χ0n) is 28.4. The summed E-state index contributed by atoms with van der Waals surface area (Å²) < 4.78 is 9.50. The van der Waals surface area contributed by atoms with Crippen molar-refractivity contribution >= 4 is 23.6 Å². The SMILES string of the molecule is C#CC=NC1=CC(c2ccc3c(c2)N(C2CCC2)C(=O)C3(CCC)CCCC(=C)C(=O)CC)C=C(C)C(C)=C1C.CC.CF. The second kappa shape index (κ2) is 17.1. The van der Waals surface area contributed by atoms with Crippen LogP contribution in [0.2, 0.25) is 0 Å². The largest absolute Gasteiger partial charge is 0.308 e. The minimum absolute atomic E-state index is 0.0190. The quantitative estimate of drug-likeness (QED) is 0.144. The number of allylic oxidation sites excluding steroid dienone is 6. The zero-order valence-corrected chi connectivity index (χ0v) is 28.4. The fraction of sp³-hybridized carbons (Fsp3) is 0.513. The molecule has 0 bridgehead atoms. The molecule has 0 aromatic heterocycles. The van der Waals surface area contributed by atoms with Gasteiger partial charge in [0.15, 0.2) is 5.78 Å². The predicted molar refractivity (Wildman–Crippen MR) is 185 cm³/mol. The van der Waals surface area contributed by atoms with Crippen LogP contribution in [-0.4, -0.2) is 31.1 Å². The molecule has 1 aromatic carbocycles. The van der Waals surface area contributed by atoms with Crippen LogP contribution in [0.4, 0.5) is 10.1 Å². The van der Waals surface area contributed by atoms with Gasteiger partial charge >= 0.3 is 0 Å². The maximum atomic E-state index is 14.4. The minimum Gasteiger partial charge on any atom is -0.308 e. The van der Waals surface area contributed by atoms with Crippen molar-refractivity contribution in [3.8, 4) is 12.3 Å². The van der Waals surface area contributed by atoms with Crippen LogP contribution in [0.15, 0.2) is 69.9 Å². The molecule has 44 heavy (non-hydrogen) atoms. The van der Waals surface area contributed by atoms with Crippen LogP contribution >= 0.6 is 0 Å². The Hall–Kier alpha value is -3.52. The maximum Gasteiger partial charge on any atom is 0.237 e. The molecule has 1 amide bonds. The Morgan fingerprint density at radius 3 is 2.39 bits per heavy atom. The van der Waals surface area contributed by atoms with Gasteiger partial charge in [-0.05, 0) is 106 Å². The minimum atomic E-state index is -0.546. The molecule has 5 heteroatoms. The van der Waals surface area contributed by atoms with E-state index in [0.29, 0.717) is 25.6 Å². The second-order valence-electron chi connectivity index (χ2n) is 11.7. The molecule has 0 N–H and O–H groups in total. The molecule has 1 fully saturated rings. The van der Waals surface area contributed by atoms with Crippen molar-refractivity contribution in [3.63, 3.8) is 0 Å². The Morgan fingerprint density at radius 1 is 1.14 bits per heavy atom. The van der Waals surface area contributed by atoms with Gasteiger partial charge in [-0.25, -0.2) is 4.99 Å². The molecule has 0 radical (unpaired) electrons. The number of rotatable bonds is 11. The van der Waals surface area contributed by atoms with Crippen LogP contribution in [0, 0.1) is 12.3 Å². The lowest BCUT2D eigenvalue weighted by molar-refractivity contribution is -0.124. The number of halogens is 1. The van der Waals surface area contributed by atoms with Crippen LogP contribution in [0.1, 0.15) is 123 Å². The van der Waals surface area contributed by atoms with Crippen molar-refractivity contribution in [1.82, 2.24) is 0 Å². The summed E-state index contributed by atoms with van der Waals surface area (Å²) in [5, 5.41) is 0. The molecule has 4 nitrogen and oxygen atoms in total. The van der Waals surface area contributed by atoms with Crippen LogP contribution in [0.5, 0.6) is 0 Å². The monoisotopic (exact) mass is 600 g/mol. The Labute approximate surface area is 266 Å². The number of carbonyl (C=O) groups is 2. The van der Waals surface area contributed by atoms with Crippen LogP contribution in [0.3, 0.4) is 0 Å². The van der Waals surface area contributed by atoms with Crippen LogP contribution in [0.25, 0.3) is 0 Å². The number of ketones is 1. The van der Waals surface area contributed by atoms with Crippen molar-refractivity contribution in [2.24, 2.45) is 4.99 Å². The first-order chi connectivity index (χ1) is 21.2. The third-order valence-corrected chi connectivity index (χ3v) is 9.31. The van der Waals surface area contributed by atoms with Crippen molar-refractivity contribution in [2.45, 2.75) is 124 Å². The normalized spacial score (nSPS) is 21.1. The van der Waals surface area contributed by atoms with Gasteiger partial charge in [0.2, 0.25) is 5.91 Å². The highest BCUT2D eigenvalue weighted by atomic mass is 19.1. The molecule has 3 aliphatic rings. The average Bonchev–Trinajstić information content (AvgIpc) is 3.18. The molecule has 2 aliphatic carbocycles. The van der Waals surface area contributed by atoms with Crippen molar-refractivity contribution in [3.05, 3.63) is 76.0 Å². The summed E-state index contributed by atoms with van der Waals surface area (Å²) in [7, 11) is 0.500. The van der Waals surface area contributed by atoms with E-state index in [1.54, 1.807) is 0 Å². The molecular weight excluding hydrogens is 547 g/mol. The number of fused-ring (bicyclic) bond motifs is 1. The maximum absolute atomic E-state index is 14.4. The van der Waals surface area contributed by atoms with Gasteiger partial charge < -0.3 is 4.90 Å². The van der Waals surface area contributed by atoms with Gasteiger partial charge in [0.05, 0.1) is 24.5 Å². The van der Waals surface area contributed by atoms with Crippen LogP contribution in [-0.2, 0) is 15.0 Å². The molecule has 1 aliphatic heterocycles. The van der Waals surface area contributed by atoms with E-state index in [2.05, 4.69) is 80.4 Å². The number of benzene rings is 1. The molecule has 1 heterocycles. The van der Waals surface area contributed by atoms with E-state index in [0.717, 1.165) is 73.0 Å². The number of carbonyl (C=O) groups excluding carboxylic acids is 2. The number of anilines is 1. The van der Waals surface area contributed by atoms with Gasteiger partial charge in [-0.2, -0.15) is 0 Å². The Bertz CT molecular complexity index is 1370. The van der Waals surface area contributed by atoms with E-state index in [4.69, 9.17) is 6.42 Å². The van der Waals surface area contributed by atoms with E-state index in [1.165, 1.54) is 17.4 Å². The fourth-order valence-electron chi connectivity index (χ4n) is 6.52. The van der Waals surface area contributed by atoms with Gasteiger partial charge in [-0.1, -0.05) is 70.4 Å². The van der Waals surface area contributed by atoms with Gasteiger partial charge in [-0.3, -0.25) is 14.0 Å². The molecule has 0 saturated heterocycles. The summed E-state index contributed by atoms with van der Waals surface area (Å²) in [6, 6.07) is 6.93. The summed E-state index contributed by atoms with van der Waals surface area (Å²) in [5.74, 6) is 2.90. The van der Waals surface area contributed by atoms with Crippen LogP contribution < -0.4 is 4.90 Å². The molecule has 238 valence electrons. The topological polar surface area (TPSA) is 49.7 Å². The lowest BCUT2D eigenvalue weighted by Gasteiger charge is -2.37. The van der Waals surface area contributed by atoms with Crippen molar-refractivity contribution in [2.75, 3.05) is 12.1 Å². The van der Waals surface area contributed by atoms with E-state index in [-0.39, 0.29) is 23.7 Å². The zero-order chi connectivity index (χ0) is 33.0. The number of terminal acetylenes is 1. The third kappa shape index (κ3) is 7.57. The highest BCUT2D eigenvalue weighted by molar-refractivity contribution is 6.09. The summed E-state index contributed by atoms with van der Waals surface area (Å²) in [6.45, 7) is 18.4. The number of aliphatic imine (C=N–C) groups is 1.